The average Bonchev–Trinajstić information content (AvgIpc) is 3.09. The molecule has 0 fully saturated rings. The van der Waals surface area contributed by atoms with E-state index < -0.39 is 0 Å². The summed E-state index contributed by atoms with van der Waals surface area (Å²) in [6, 6.07) is 24.3. The third-order valence-corrected chi connectivity index (χ3v) is 7.52. The van der Waals surface area contributed by atoms with Crippen LogP contribution in [0.2, 0.25) is 0 Å². The van der Waals surface area contributed by atoms with Crippen molar-refractivity contribution in [1.82, 2.24) is 0 Å². The van der Waals surface area contributed by atoms with Gasteiger partial charge in [0.2, 0.25) is 0 Å². The molecule has 17 heteroatoms. The van der Waals surface area contributed by atoms with Crippen LogP contribution in [-0.2, 0) is 18.7 Å². The lowest BCUT2D eigenvalue weighted by atomic mass is 10.1. The number of hydrogen-bond acceptors (Lipinski definition) is 16. The fourth-order valence-corrected chi connectivity index (χ4v) is 4.99. The Bertz CT molecular complexity index is 1930. The average molecular weight is 678 g/mol. The highest BCUT2D eigenvalue weighted by Crippen LogP contribution is 2.46. The number of methoxy groups -OCH3 is 1. The number of azo groups is 2. The molecule has 47 heavy (non-hydrogen) atoms. The van der Waals surface area contributed by atoms with Gasteiger partial charge < -0.3 is 20.3 Å². The van der Waals surface area contributed by atoms with Crippen LogP contribution in [0.1, 0.15) is 10.4 Å². The van der Waals surface area contributed by atoms with Crippen LogP contribution in [0.3, 0.4) is 0 Å². The number of fused-ring (bicyclic) bond motifs is 1. The maximum Gasteiger partial charge on any atom is 0.255 e. The monoisotopic (exact) mass is 677 g/mol. The van der Waals surface area contributed by atoms with Crippen molar-refractivity contribution in [3.63, 3.8) is 0 Å². The molecule has 5 rings (SSSR count). The first-order chi connectivity index (χ1) is 22.9. The lowest BCUT2D eigenvalue weighted by Gasteiger charge is -2.11. The van der Waals surface area contributed by atoms with E-state index in [1.807, 2.05) is 0 Å². The third kappa shape index (κ3) is 8.38. The van der Waals surface area contributed by atoms with Gasteiger partial charge >= 0.3 is 0 Å². The summed E-state index contributed by atoms with van der Waals surface area (Å²) in [7, 11) is 1.40. The zero-order valence-electron chi connectivity index (χ0n) is 24.0. The molecule has 0 spiro atoms. The van der Waals surface area contributed by atoms with Gasteiger partial charge in [-0.1, -0.05) is 28.3 Å². The Morgan fingerprint density at radius 1 is 0.766 bits per heavy atom. The number of phenolic OH excluding ortho intramolecular Hbond substituents is 2. The molecule has 0 aliphatic heterocycles. The smallest absolute Gasteiger partial charge is 0.255 e. The minimum absolute atomic E-state index is 0.0259. The largest absolute Gasteiger partial charge is 0.506 e. The summed E-state index contributed by atoms with van der Waals surface area (Å²) in [4.78, 5) is 13.4. The van der Waals surface area contributed by atoms with Crippen LogP contribution < -0.4 is 10.1 Å². The summed E-state index contributed by atoms with van der Waals surface area (Å²) in [5.41, 5.74) is 1.50. The van der Waals surface area contributed by atoms with Gasteiger partial charge in [0, 0.05) is 33.7 Å². The third-order valence-electron chi connectivity index (χ3n) is 6.30. The summed E-state index contributed by atoms with van der Waals surface area (Å²) >= 11 is 1.33. The van der Waals surface area contributed by atoms with Crippen LogP contribution in [0.4, 0.5) is 28.4 Å². The van der Waals surface area contributed by atoms with Gasteiger partial charge in [-0.15, -0.1) is 24.0 Å². The van der Waals surface area contributed by atoms with Gasteiger partial charge in [-0.2, -0.15) is 5.11 Å². The number of ether oxygens (including phenoxy) is 1. The number of rotatable bonds is 13. The highest BCUT2D eigenvalue weighted by Gasteiger charge is 2.17. The molecule has 5 N–H and O–H groups in total. The topological polar surface area (TPSA) is 206 Å². The molecule has 0 aliphatic rings. The standard InChI is InChI=1S/C30H23N5O10S2/c1-41-26-16-23(25(36)15-24(26)34-32-19-7-10-21(11-8-19)46-44-42-39)33-35-28-27(47-45-43-40)14-18-13-20(9-12-22(18)29(28)37)31-30(38)17-5-3-2-4-6-17/h2-16,36-37,39-40H,1H3,(H,31,38). The number of nitrogens with zero attached hydrogens (tertiary/aromatic N) is 4. The van der Waals surface area contributed by atoms with E-state index in [4.69, 9.17) is 15.3 Å². The summed E-state index contributed by atoms with van der Waals surface area (Å²) < 4.78 is 14.4. The quantitative estimate of drug-likeness (QED) is 0.0342. The first-order valence-electron chi connectivity index (χ1n) is 13.2. The molecule has 1 amide bonds. The Hall–Kier alpha value is -5.11. The molecule has 0 radical (unpaired) electrons. The summed E-state index contributed by atoms with van der Waals surface area (Å²) in [5.74, 6) is -0.725. The second kappa shape index (κ2) is 15.9. The van der Waals surface area contributed by atoms with Crippen molar-refractivity contribution in [3.05, 3.63) is 96.6 Å². The van der Waals surface area contributed by atoms with Crippen molar-refractivity contribution in [2.75, 3.05) is 12.4 Å². The summed E-state index contributed by atoms with van der Waals surface area (Å²) in [6.45, 7) is 0. The Morgan fingerprint density at radius 3 is 2.21 bits per heavy atom. The summed E-state index contributed by atoms with van der Waals surface area (Å²) in [5, 5.41) is 66.4. The molecule has 15 nitrogen and oxygen atoms in total. The second-order valence-electron chi connectivity index (χ2n) is 9.19. The molecular formula is C30H23N5O10S2. The number of carbonyl (C=O) groups is 1. The van der Waals surface area contributed by atoms with Crippen LogP contribution in [0, 0.1) is 0 Å². The Kier molecular flexibility index (Phi) is 11.3. The van der Waals surface area contributed by atoms with Crippen molar-refractivity contribution in [2.24, 2.45) is 20.5 Å². The van der Waals surface area contributed by atoms with Crippen LogP contribution in [0.15, 0.2) is 121 Å². The van der Waals surface area contributed by atoms with E-state index in [2.05, 4.69) is 44.5 Å². The Labute approximate surface area is 274 Å². The minimum Gasteiger partial charge on any atom is -0.506 e. The molecule has 0 aliphatic carbocycles. The van der Waals surface area contributed by atoms with Crippen molar-refractivity contribution in [2.45, 2.75) is 9.79 Å². The number of nitrogens with one attached hydrogen (secondary N) is 1. The molecule has 0 unspecified atom stereocenters. The molecule has 0 heterocycles. The maximum atomic E-state index is 12.6. The number of anilines is 1. The van der Waals surface area contributed by atoms with Gasteiger partial charge in [0.05, 0.1) is 41.8 Å². The lowest BCUT2D eigenvalue weighted by Crippen LogP contribution is -2.11. The van der Waals surface area contributed by atoms with E-state index in [0.29, 0.717) is 44.6 Å². The normalized spacial score (nSPS) is 11.5. The zero-order chi connectivity index (χ0) is 33.2. The van der Waals surface area contributed by atoms with E-state index >= 15 is 0 Å². The van der Waals surface area contributed by atoms with Gasteiger partial charge in [-0.25, -0.2) is 10.5 Å². The van der Waals surface area contributed by atoms with Crippen LogP contribution in [0.5, 0.6) is 17.2 Å². The second-order valence-corrected chi connectivity index (χ2v) is 10.7. The molecular weight excluding hydrogens is 654 g/mol. The predicted molar refractivity (Wildman–Crippen MR) is 171 cm³/mol. The number of carbonyl (C=O) groups excluding carboxylic acids is 1. The van der Waals surface area contributed by atoms with Crippen molar-refractivity contribution in [1.29, 1.82) is 0 Å². The number of hydrogen-bond donors (Lipinski definition) is 5. The van der Waals surface area contributed by atoms with Gasteiger partial charge in [0.1, 0.15) is 28.6 Å². The maximum absolute atomic E-state index is 12.6. The number of amides is 1. The van der Waals surface area contributed by atoms with Gasteiger partial charge in [-0.05, 0) is 66.0 Å². The van der Waals surface area contributed by atoms with Crippen LogP contribution in [0.25, 0.3) is 10.8 Å². The SMILES string of the molecule is COc1cc(N=Nc2c(SOOO)cc3cc(NC(=O)c4ccccc4)ccc3c2O)c(O)cc1N=Nc1ccc(SOOO)cc1. The number of phenols is 2. The molecule has 0 saturated heterocycles. The number of aromatic hydroxyl groups is 2. The Balaban J connectivity index is 1.41. The molecule has 0 aromatic heterocycles. The van der Waals surface area contributed by atoms with E-state index in [0.717, 1.165) is 12.0 Å². The van der Waals surface area contributed by atoms with Crippen molar-refractivity contribution in [3.8, 4) is 17.2 Å². The Morgan fingerprint density at radius 2 is 1.49 bits per heavy atom. The van der Waals surface area contributed by atoms with E-state index in [1.165, 1.54) is 19.2 Å². The van der Waals surface area contributed by atoms with E-state index in [9.17, 15) is 15.0 Å². The first kappa shape index (κ1) is 33.3. The predicted octanol–water partition coefficient (Wildman–Crippen LogP) is 9.20. The van der Waals surface area contributed by atoms with Gasteiger partial charge in [0.15, 0.2) is 5.75 Å². The van der Waals surface area contributed by atoms with Gasteiger partial charge in [-0.3, -0.25) is 4.79 Å². The van der Waals surface area contributed by atoms with Crippen molar-refractivity contribution >= 4 is 69.2 Å². The molecule has 0 bridgehead atoms. The highest BCUT2D eigenvalue weighted by atomic mass is 32.2. The zero-order valence-corrected chi connectivity index (χ0v) is 25.6. The van der Waals surface area contributed by atoms with Crippen molar-refractivity contribution < 1.29 is 49.0 Å². The fraction of sp³-hybridized carbons (Fsp3) is 0.0333. The fourth-order valence-electron chi connectivity index (χ4n) is 4.14. The van der Waals surface area contributed by atoms with Gasteiger partial charge in [0.25, 0.3) is 5.91 Å². The van der Waals surface area contributed by atoms with E-state index in [1.54, 1.807) is 78.9 Å². The molecule has 0 atom stereocenters. The first-order valence-corrected chi connectivity index (χ1v) is 14.7. The lowest BCUT2D eigenvalue weighted by molar-refractivity contribution is -0.432. The van der Waals surface area contributed by atoms with E-state index in [-0.39, 0.29) is 45.1 Å². The number of benzene rings is 5. The summed E-state index contributed by atoms with van der Waals surface area (Å²) in [6.07, 6.45) is 0. The molecule has 240 valence electrons. The molecule has 5 aromatic rings. The molecule has 5 aromatic carbocycles. The van der Waals surface area contributed by atoms with Crippen LogP contribution >= 0.6 is 24.1 Å². The molecule has 0 saturated carbocycles. The highest BCUT2D eigenvalue weighted by molar-refractivity contribution is 7.94. The van der Waals surface area contributed by atoms with Crippen LogP contribution in [-0.4, -0.2) is 33.7 Å². The minimum atomic E-state index is -0.320.